The van der Waals surface area contributed by atoms with E-state index >= 15 is 0 Å². The molecular formula is C7H14N2S. The van der Waals surface area contributed by atoms with Gasteiger partial charge in [0.05, 0.1) is 0 Å². The first-order valence-electron chi connectivity index (χ1n) is 3.44. The predicted molar refractivity (Wildman–Crippen MR) is 46.1 cm³/mol. The topological polar surface area (TPSA) is 38.9 Å². The van der Waals surface area contributed by atoms with Gasteiger partial charge in [-0.2, -0.15) is 0 Å². The molecule has 0 aliphatic carbocycles. The first kappa shape index (κ1) is 9.59. The standard InChI is InChI=1S/C5H8N2S.C2H6/c1-4-3-8-5(2-6)7-4;1-2/h3H,2,6H2,1H3;1-2H3. The molecule has 1 rings (SSSR count). The fourth-order valence-corrected chi connectivity index (χ4v) is 1.15. The van der Waals surface area contributed by atoms with Crippen LogP contribution in [0.5, 0.6) is 0 Å². The van der Waals surface area contributed by atoms with E-state index in [2.05, 4.69) is 4.98 Å². The third-order valence-electron chi connectivity index (χ3n) is 0.841. The van der Waals surface area contributed by atoms with Crippen LogP contribution in [-0.2, 0) is 6.54 Å². The number of hydrogen-bond acceptors (Lipinski definition) is 3. The van der Waals surface area contributed by atoms with Crippen molar-refractivity contribution in [2.24, 2.45) is 5.73 Å². The van der Waals surface area contributed by atoms with Crippen LogP contribution in [0, 0.1) is 6.92 Å². The molecule has 0 bridgehead atoms. The van der Waals surface area contributed by atoms with E-state index in [9.17, 15) is 0 Å². The van der Waals surface area contributed by atoms with Crippen molar-refractivity contribution >= 4 is 11.3 Å². The SMILES string of the molecule is CC.Cc1csc(CN)n1. The van der Waals surface area contributed by atoms with Crippen LogP contribution in [0.25, 0.3) is 0 Å². The number of aryl methyl sites for hydroxylation is 1. The molecule has 58 valence electrons. The maximum absolute atomic E-state index is 5.31. The lowest BCUT2D eigenvalue weighted by atomic mass is 10.6. The highest BCUT2D eigenvalue weighted by Crippen LogP contribution is 2.06. The van der Waals surface area contributed by atoms with Crippen LogP contribution in [0.4, 0.5) is 0 Å². The predicted octanol–water partition coefficient (Wildman–Crippen LogP) is 1.94. The van der Waals surface area contributed by atoms with Crippen molar-refractivity contribution in [1.29, 1.82) is 0 Å². The smallest absolute Gasteiger partial charge is 0.106 e. The Morgan fingerprint density at radius 2 is 2.20 bits per heavy atom. The highest BCUT2D eigenvalue weighted by atomic mass is 32.1. The summed E-state index contributed by atoms with van der Waals surface area (Å²) in [5, 5.41) is 3.02. The van der Waals surface area contributed by atoms with Crippen molar-refractivity contribution in [3.8, 4) is 0 Å². The van der Waals surface area contributed by atoms with Crippen LogP contribution in [0.1, 0.15) is 24.5 Å². The van der Waals surface area contributed by atoms with Gasteiger partial charge < -0.3 is 5.73 Å². The summed E-state index contributed by atoms with van der Waals surface area (Å²) in [6.45, 7) is 6.54. The van der Waals surface area contributed by atoms with Gasteiger partial charge in [-0.3, -0.25) is 0 Å². The van der Waals surface area contributed by atoms with Gasteiger partial charge in [0.1, 0.15) is 5.01 Å². The molecule has 0 aliphatic rings. The number of nitrogens with zero attached hydrogens (tertiary/aromatic N) is 1. The molecule has 0 saturated heterocycles. The van der Waals surface area contributed by atoms with Gasteiger partial charge in [-0.1, -0.05) is 13.8 Å². The summed E-state index contributed by atoms with van der Waals surface area (Å²) >= 11 is 1.61. The third kappa shape index (κ3) is 2.94. The number of rotatable bonds is 1. The molecule has 1 heterocycles. The first-order chi connectivity index (χ1) is 4.83. The summed E-state index contributed by atoms with van der Waals surface area (Å²) in [7, 11) is 0. The maximum Gasteiger partial charge on any atom is 0.106 e. The summed E-state index contributed by atoms with van der Waals surface area (Å²) < 4.78 is 0. The number of aromatic nitrogens is 1. The Morgan fingerprint density at radius 3 is 2.40 bits per heavy atom. The molecule has 0 fully saturated rings. The Morgan fingerprint density at radius 1 is 1.60 bits per heavy atom. The van der Waals surface area contributed by atoms with E-state index in [4.69, 9.17) is 5.73 Å². The zero-order valence-corrected chi connectivity index (χ0v) is 7.53. The second kappa shape index (κ2) is 5.38. The van der Waals surface area contributed by atoms with E-state index in [1.807, 2.05) is 26.2 Å². The van der Waals surface area contributed by atoms with Crippen LogP contribution in [0.3, 0.4) is 0 Å². The van der Waals surface area contributed by atoms with E-state index in [0.717, 1.165) is 10.7 Å². The number of hydrogen-bond donors (Lipinski definition) is 1. The molecule has 0 saturated carbocycles. The lowest BCUT2D eigenvalue weighted by Crippen LogP contribution is -1.94. The molecule has 1 aromatic heterocycles. The Labute approximate surface area is 66.1 Å². The van der Waals surface area contributed by atoms with Gasteiger partial charge in [0.25, 0.3) is 0 Å². The van der Waals surface area contributed by atoms with Crippen LogP contribution < -0.4 is 5.73 Å². The van der Waals surface area contributed by atoms with Gasteiger partial charge in [-0.15, -0.1) is 11.3 Å². The van der Waals surface area contributed by atoms with Gasteiger partial charge in [0.2, 0.25) is 0 Å². The van der Waals surface area contributed by atoms with Gasteiger partial charge >= 0.3 is 0 Å². The molecular weight excluding hydrogens is 144 g/mol. The molecule has 0 unspecified atom stereocenters. The van der Waals surface area contributed by atoms with E-state index in [0.29, 0.717) is 6.54 Å². The van der Waals surface area contributed by atoms with Crippen molar-refractivity contribution in [3.05, 3.63) is 16.1 Å². The minimum atomic E-state index is 0.568. The molecule has 0 spiro atoms. The van der Waals surface area contributed by atoms with E-state index in [1.54, 1.807) is 11.3 Å². The lowest BCUT2D eigenvalue weighted by molar-refractivity contribution is 1.02. The van der Waals surface area contributed by atoms with Crippen molar-refractivity contribution in [2.75, 3.05) is 0 Å². The van der Waals surface area contributed by atoms with Crippen LogP contribution in [0.2, 0.25) is 0 Å². The zero-order chi connectivity index (χ0) is 7.98. The van der Waals surface area contributed by atoms with Crippen molar-refractivity contribution < 1.29 is 0 Å². The number of thiazole rings is 1. The van der Waals surface area contributed by atoms with Gasteiger partial charge in [0, 0.05) is 17.6 Å². The van der Waals surface area contributed by atoms with Crippen molar-refractivity contribution in [1.82, 2.24) is 4.98 Å². The minimum absolute atomic E-state index is 0.568. The van der Waals surface area contributed by atoms with E-state index < -0.39 is 0 Å². The summed E-state index contributed by atoms with van der Waals surface area (Å²) in [6, 6.07) is 0. The summed E-state index contributed by atoms with van der Waals surface area (Å²) in [5.41, 5.74) is 6.38. The zero-order valence-electron chi connectivity index (χ0n) is 6.72. The molecule has 0 atom stereocenters. The Hall–Kier alpha value is -0.410. The quantitative estimate of drug-likeness (QED) is 0.678. The normalized spacial score (nSPS) is 8.40. The van der Waals surface area contributed by atoms with Gasteiger partial charge in [-0.05, 0) is 6.92 Å². The fourth-order valence-electron chi connectivity index (χ4n) is 0.496. The summed E-state index contributed by atoms with van der Waals surface area (Å²) in [4.78, 5) is 4.12. The minimum Gasteiger partial charge on any atom is -0.325 e. The second-order valence-electron chi connectivity index (χ2n) is 1.59. The van der Waals surface area contributed by atoms with E-state index in [1.165, 1.54) is 0 Å². The average Bonchev–Trinajstić information content (AvgIpc) is 2.40. The lowest BCUT2D eigenvalue weighted by Gasteiger charge is -1.80. The second-order valence-corrected chi connectivity index (χ2v) is 2.53. The molecule has 2 N–H and O–H groups in total. The molecule has 0 aliphatic heterocycles. The highest BCUT2D eigenvalue weighted by Gasteiger charge is 1.91. The first-order valence-corrected chi connectivity index (χ1v) is 4.32. The third-order valence-corrected chi connectivity index (χ3v) is 1.83. The van der Waals surface area contributed by atoms with Gasteiger partial charge in [-0.25, -0.2) is 4.98 Å². The molecule has 0 aromatic carbocycles. The van der Waals surface area contributed by atoms with Crippen LogP contribution in [-0.4, -0.2) is 4.98 Å². The highest BCUT2D eigenvalue weighted by molar-refractivity contribution is 7.09. The molecule has 3 heteroatoms. The molecule has 1 aromatic rings. The van der Waals surface area contributed by atoms with Crippen molar-refractivity contribution in [2.45, 2.75) is 27.3 Å². The summed E-state index contributed by atoms with van der Waals surface area (Å²) in [5.74, 6) is 0. The van der Waals surface area contributed by atoms with Gasteiger partial charge in [0.15, 0.2) is 0 Å². The molecule has 2 nitrogen and oxygen atoms in total. The Kier molecular flexibility index (Phi) is 5.16. The summed E-state index contributed by atoms with van der Waals surface area (Å²) in [6.07, 6.45) is 0. The molecule has 0 amide bonds. The maximum atomic E-state index is 5.31. The van der Waals surface area contributed by atoms with E-state index in [-0.39, 0.29) is 0 Å². The molecule has 0 radical (unpaired) electrons. The largest absolute Gasteiger partial charge is 0.325 e. The monoisotopic (exact) mass is 158 g/mol. The molecule has 10 heavy (non-hydrogen) atoms. The number of nitrogens with two attached hydrogens (primary N) is 1. The van der Waals surface area contributed by atoms with Crippen LogP contribution >= 0.6 is 11.3 Å². The van der Waals surface area contributed by atoms with Crippen molar-refractivity contribution in [3.63, 3.8) is 0 Å². The fraction of sp³-hybridized carbons (Fsp3) is 0.571. The average molecular weight is 158 g/mol. The Bertz CT molecular complexity index is 172. The van der Waals surface area contributed by atoms with Crippen LogP contribution in [0.15, 0.2) is 5.38 Å². The Balaban J connectivity index is 0.000000371.